The molecule has 2 atom stereocenters. The van der Waals surface area contributed by atoms with Gasteiger partial charge in [0.05, 0.1) is 10.6 Å². The van der Waals surface area contributed by atoms with E-state index in [4.69, 9.17) is 32.8 Å². The van der Waals surface area contributed by atoms with Crippen LogP contribution in [0.4, 0.5) is 0 Å². The van der Waals surface area contributed by atoms with Crippen molar-refractivity contribution in [2.45, 2.75) is 38.7 Å². The van der Waals surface area contributed by atoms with Crippen LogP contribution in [-0.2, 0) is 20.8 Å². The number of carbonyl (C=O) groups excluding carboxylic acids is 2. The minimum Gasteiger partial charge on any atom is -0.556 e. The van der Waals surface area contributed by atoms with E-state index in [2.05, 4.69) is 15.6 Å². The molecular weight excluding hydrogens is 480 g/mol. The molecule has 0 radical (unpaired) electrons. The molecule has 0 aliphatic carbocycles. The smallest absolute Gasteiger partial charge is 0.443 e. The Morgan fingerprint density at radius 3 is 2.56 bits per heavy atom. The number of halogens is 2. The summed E-state index contributed by atoms with van der Waals surface area (Å²) in [5.41, 5.74) is 1.91. The highest BCUT2D eigenvalue weighted by Crippen LogP contribution is 2.28. The summed E-state index contributed by atoms with van der Waals surface area (Å²) in [7, 11) is 0. The number of hydrogen-bond donors (Lipinski definition) is 4. The van der Waals surface area contributed by atoms with Gasteiger partial charge < -0.3 is 30.3 Å². The lowest BCUT2D eigenvalue weighted by molar-refractivity contribution is -0.123. The Morgan fingerprint density at radius 2 is 1.85 bits per heavy atom. The van der Waals surface area contributed by atoms with Gasteiger partial charge in [0.15, 0.2) is 0 Å². The zero-order valence-corrected chi connectivity index (χ0v) is 20.2. The van der Waals surface area contributed by atoms with Crippen molar-refractivity contribution < 1.29 is 24.2 Å². The van der Waals surface area contributed by atoms with Crippen molar-refractivity contribution in [2.75, 3.05) is 0 Å². The number of amides is 2. The van der Waals surface area contributed by atoms with Crippen LogP contribution in [0.25, 0.3) is 10.9 Å². The van der Waals surface area contributed by atoms with Crippen LogP contribution in [0.15, 0.2) is 48.7 Å². The molecule has 1 aromatic heterocycles. The molecule has 0 spiro atoms. The van der Waals surface area contributed by atoms with Crippen molar-refractivity contribution in [2.24, 2.45) is 5.92 Å². The minimum absolute atomic E-state index is 0.149. The summed E-state index contributed by atoms with van der Waals surface area (Å²) in [4.78, 5) is 39.1. The van der Waals surface area contributed by atoms with Crippen molar-refractivity contribution >= 4 is 52.7 Å². The molecule has 180 valence electrons. The van der Waals surface area contributed by atoms with Gasteiger partial charge in [0.1, 0.15) is 6.04 Å². The quantitative estimate of drug-likeness (QED) is 0.201. The topological polar surface area (TPSA) is 119 Å². The van der Waals surface area contributed by atoms with Crippen molar-refractivity contribution in [3.63, 3.8) is 0 Å². The summed E-state index contributed by atoms with van der Waals surface area (Å²) < 4.78 is 0. The predicted octanol–water partition coefficient (Wildman–Crippen LogP) is 3.78. The molecule has 1 aliphatic rings. The van der Waals surface area contributed by atoms with Gasteiger partial charge in [0.25, 0.3) is 5.91 Å². The van der Waals surface area contributed by atoms with Gasteiger partial charge in [-0.1, -0.05) is 61.7 Å². The third kappa shape index (κ3) is 5.56. The Hall–Kier alpha value is -2.56. The number of carbonyl (C=O) groups is 2. The number of fused-ring (bicyclic) bond motifs is 1. The Kier molecular flexibility index (Phi) is 7.21. The maximum Gasteiger partial charge on any atom is 0.443 e. The largest absolute Gasteiger partial charge is 0.556 e. The van der Waals surface area contributed by atoms with Gasteiger partial charge in [-0.15, -0.1) is 0 Å². The lowest BCUT2D eigenvalue weighted by Gasteiger charge is -2.28. The fraction of sp³-hybridized carbons (Fsp3) is 0.304. The number of para-hydroxylation sites is 1. The minimum atomic E-state index is -2.58. The SMILES string of the molecule is CC(C)C[C@H](NC(=O)[C@H](Cc1c[nH]c2ccccc12)NC(=O)c1cc(Cl)ccc1Cl)[B-]1(O)OO1. The second-order valence-corrected chi connectivity index (χ2v) is 9.72. The molecule has 4 rings (SSSR count). The molecule has 2 heterocycles. The molecule has 0 bridgehead atoms. The standard InChI is InChI=1S/C23H25BCl2N3O5/c1-13(2)9-21(24(32)33-34-24)29-23(31)20(10-14-12-27-19-6-4-3-5-16(14)19)28-22(30)17-11-15(25)7-8-18(17)26/h3-8,11-13,20-21,27,32H,9-10H2,1-2H3,(H,28,30)(H,29,31)/q-1/t20-,21-/m0/s1. The van der Waals surface area contributed by atoms with Crippen LogP contribution in [0.1, 0.15) is 36.2 Å². The Labute approximate surface area is 206 Å². The molecule has 0 saturated carbocycles. The highest BCUT2D eigenvalue weighted by molar-refractivity contribution is 6.66. The first kappa shape index (κ1) is 24.6. The van der Waals surface area contributed by atoms with Crippen LogP contribution in [0.5, 0.6) is 0 Å². The van der Waals surface area contributed by atoms with Gasteiger partial charge in [0, 0.05) is 28.5 Å². The lowest BCUT2D eigenvalue weighted by atomic mass is 9.69. The van der Waals surface area contributed by atoms with Crippen LogP contribution in [0, 0.1) is 5.92 Å². The third-order valence-corrected chi connectivity index (χ3v) is 6.31. The second-order valence-electron chi connectivity index (χ2n) is 8.88. The molecule has 3 aromatic rings. The average molecular weight is 505 g/mol. The summed E-state index contributed by atoms with van der Waals surface area (Å²) in [6.07, 6.45) is 2.43. The molecule has 8 nitrogen and oxygen atoms in total. The van der Waals surface area contributed by atoms with Crippen molar-refractivity contribution in [1.82, 2.24) is 15.6 Å². The number of rotatable bonds is 9. The van der Waals surface area contributed by atoms with Crippen molar-refractivity contribution in [3.05, 3.63) is 69.8 Å². The van der Waals surface area contributed by atoms with E-state index >= 15 is 0 Å². The van der Waals surface area contributed by atoms with E-state index in [0.29, 0.717) is 11.4 Å². The van der Waals surface area contributed by atoms with E-state index in [-0.39, 0.29) is 22.9 Å². The summed E-state index contributed by atoms with van der Waals surface area (Å²) >= 11 is 12.2. The van der Waals surface area contributed by atoms with Crippen LogP contribution >= 0.6 is 23.2 Å². The zero-order valence-electron chi connectivity index (χ0n) is 18.7. The summed E-state index contributed by atoms with van der Waals surface area (Å²) in [5.74, 6) is -1.64. The molecule has 34 heavy (non-hydrogen) atoms. The van der Waals surface area contributed by atoms with Gasteiger partial charge in [-0.05, 0) is 41.7 Å². The monoisotopic (exact) mass is 504 g/mol. The average Bonchev–Trinajstić information content (AvgIpc) is 3.42. The molecule has 4 N–H and O–H groups in total. The van der Waals surface area contributed by atoms with Crippen LogP contribution in [0.3, 0.4) is 0 Å². The number of benzene rings is 2. The molecule has 1 saturated heterocycles. The van der Waals surface area contributed by atoms with Gasteiger partial charge >= 0.3 is 6.75 Å². The molecule has 11 heteroatoms. The highest BCUT2D eigenvalue weighted by atomic mass is 35.5. The van der Waals surface area contributed by atoms with E-state index in [1.165, 1.54) is 12.1 Å². The summed E-state index contributed by atoms with van der Waals surface area (Å²) in [6.45, 7) is 1.32. The van der Waals surface area contributed by atoms with Crippen LogP contribution in [0.2, 0.25) is 10.0 Å². The highest BCUT2D eigenvalue weighted by Gasteiger charge is 2.49. The molecule has 0 unspecified atom stereocenters. The maximum absolute atomic E-state index is 13.4. The third-order valence-electron chi connectivity index (χ3n) is 5.75. The van der Waals surface area contributed by atoms with Crippen LogP contribution < -0.4 is 10.6 Å². The number of H-pyrrole nitrogens is 1. The number of hydrogen-bond acceptors (Lipinski definition) is 5. The van der Waals surface area contributed by atoms with Crippen molar-refractivity contribution in [1.29, 1.82) is 0 Å². The van der Waals surface area contributed by atoms with Gasteiger partial charge in [0.2, 0.25) is 5.91 Å². The first-order valence-corrected chi connectivity index (χ1v) is 11.8. The van der Waals surface area contributed by atoms with Crippen LogP contribution in [-0.4, -0.2) is 40.6 Å². The molecule has 1 fully saturated rings. The summed E-state index contributed by atoms with van der Waals surface area (Å²) in [5, 5.41) is 17.4. The first-order chi connectivity index (χ1) is 16.2. The van der Waals surface area contributed by atoms with E-state index in [1.807, 2.05) is 38.1 Å². The van der Waals surface area contributed by atoms with E-state index < -0.39 is 30.6 Å². The lowest BCUT2D eigenvalue weighted by Crippen LogP contribution is -2.56. The van der Waals surface area contributed by atoms with Gasteiger partial charge in [-0.3, -0.25) is 9.59 Å². The molecular formula is C23H25BCl2N3O5-. The molecule has 1 aliphatic heterocycles. The molecule has 2 aromatic carbocycles. The van der Waals surface area contributed by atoms with Crippen molar-refractivity contribution in [3.8, 4) is 0 Å². The number of aromatic amines is 1. The Bertz CT molecular complexity index is 1210. The normalized spacial score (nSPS) is 16.3. The molecule has 2 amide bonds. The second kappa shape index (κ2) is 9.97. The van der Waals surface area contributed by atoms with E-state index in [9.17, 15) is 14.6 Å². The number of aromatic nitrogens is 1. The number of nitrogens with one attached hydrogen (secondary N) is 3. The Balaban J connectivity index is 1.60. The van der Waals surface area contributed by atoms with Gasteiger partial charge in [-0.25, -0.2) is 0 Å². The fourth-order valence-corrected chi connectivity index (χ4v) is 4.33. The zero-order chi connectivity index (χ0) is 24.5. The first-order valence-electron chi connectivity index (χ1n) is 11.0. The Morgan fingerprint density at radius 1 is 1.12 bits per heavy atom. The maximum atomic E-state index is 13.4. The van der Waals surface area contributed by atoms with Gasteiger partial charge in [-0.2, -0.15) is 0 Å². The summed E-state index contributed by atoms with van der Waals surface area (Å²) in [6, 6.07) is 11.2. The van der Waals surface area contributed by atoms with E-state index in [1.54, 1.807) is 12.3 Å². The predicted molar refractivity (Wildman–Crippen MR) is 131 cm³/mol. The van der Waals surface area contributed by atoms with E-state index in [0.717, 1.165) is 16.5 Å². The fourth-order valence-electron chi connectivity index (χ4n) is 3.96.